The number of aromatic nitrogens is 1. The molecule has 170 valence electrons. The van der Waals surface area contributed by atoms with Gasteiger partial charge in [-0.1, -0.05) is 30.3 Å². The predicted octanol–water partition coefficient (Wildman–Crippen LogP) is 3.89. The molecule has 1 aromatic carbocycles. The second kappa shape index (κ2) is 9.72. The van der Waals surface area contributed by atoms with Crippen molar-refractivity contribution in [2.45, 2.75) is 57.6 Å². The first-order valence-corrected chi connectivity index (χ1v) is 12.3. The van der Waals surface area contributed by atoms with Crippen molar-refractivity contribution >= 4 is 5.91 Å². The highest BCUT2D eigenvalue weighted by Gasteiger charge is 2.32. The van der Waals surface area contributed by atoms with Crippen molar-refractivity contribution in [3.05, 3.63) is 65.0 Å². The molecule has 0 spiro atoms. The summed E-state index contributed by atoms with van der Waals surface area (Å²) in [5, 5.41) is 0. The maximum atomic E-state index is 13.4. The van der Waals surface area contributed by atoms with Gasteiger partial charge in [0.15, 0.2) is 0 Å². The van der Waals surface area contributed by atoms with Crippen LogP contribution in [-0.2, 0) is 17.6 Å². The van der Waals surface area contributed by atoms with E-state index in [9.17, 15) is 4.79 Å². The van der Waals surface area contributed by atoms with Gasteiger partial charge >= 0.3 is 0 Å². The molecule has 0 radical (unpaired) electrons. The van der Waals surface area contributed by atoms with Gasteiger partial charge in [-0.25, -0.2) is 4.98 Å². The van der Waals surface area contributed by atoms with E-state index in [1.807, 2.05) is 30.0 Å². The minimum atomic E-state index is 0.0536. The van der Waals surface area contributed by atoms with Crippen molar-refractivity contribution in [2.24, 2.45) is 5.92 Å². The summed E-state index contributed by atoms with van der Waals surface area (Å²) in [4.78, 5) is 22.6. The number of likely N-dealkylation sites (tertiary alicyclic amines) is 1. The number of nitrogens with zero attached hydrogens (tertiary/aromatic N) is 3. The molecule has 5 nitrogen and oxygen atoms in total. The molecular formula is C27H35N3O2. The van der Waals surface area contributed by atoms with E-state index in [0.29, 0.717) is 24.2 Å². The maximum Gasteiger partial charge on any atom is 0.272 e. The zero-order valence-corrected chi connectivity index (χ0v) is 19.2. The quantitative estimate of drug-likeness (QED) is 0.693. The van der Waals surface area contributed by atoms with Crippen molar-refractivity contribution < 1.29 is 9.53 Å². The van der Waals surface area contributed by atoms with Crippen LogP contribution in [0.2, 0.25) is 0 Å². The third-order valence-electron chi connectivity index (χ3n) is 7.52. The molecule has 5 heteroatoms. The topological polar surface area (TPSA) is 45.7 Å². The van der Waals surface area contributed by atoms with Crippen LogP contribution in [0.1, 0.15) is 53.0 Å². The van der Waals surface area contributed by atoms with Gasteiger partial charge in [-0.2, -0.15) is 0 Å². The molecule has 1 aromatic heterocycles. The first kappa shape index (κ1) is 21.6. The number of hydrogen-bond acceptors (Lipinski definition) is 4. The van der Waals surface area contributed by atoms with E-state index < -0.39 is 0 Å². The van der Waals surface area contributed by atoms with Crippen LogP contribution < -0.4 is 0 Å². The molecular weight excluding hydrogens is 398 g/mol. The van der Waals surface area contributed by atoms with Crippen LogP contribution in [0.4, 0.5) is 0 Å². The van der Waals surface area contributed by atoms with Gasteiger partial charge in [-0.05, 0) is 87.7 Å². The van der Waals surface area contributed by atoms with Gasteiger partial charge in [0.2, 0.25) is 0 Å². The Morgan fingerprint density at radius 1 is 1.03 bits per heavy atom. The maximum absolute atomic E-state index is 13.4. The molecule has 0 saturated carbocycles. The van der Waals surface area contributed by atoms with Crippen molar-refractivity contribution in [1.29, 1.82) is 0 Å². The number of carbonyl (C=O) groups excluding carboxylic acids is 1. The standard InChI is InChI=1S/C27H35N3O2/c1-20-6-4-10-26(28-20)27(31)30(19-25-9-5-15-32-25)18-21-11-13-29(14-12-21)24-16-22-7-2-3-8-23(22)17-24/h2-4,6-8,10,21,24-25H,5,9,11-19H2,1H3/t25-/m1/s1. The van der Waals surface area contributed by atoms with E-state index in [1.54, 1.807) is 0 Å². The molecule has 0 unspecified atom stereocenters. The van der Waals surface area contributed by atoms with Crippen LogP contribution in [0.15, 0.2) is 42.5 Å². The number of piperidine rings is 1. The van der Waals surface area contributed by atoms with Crippen LogP contribution in [0.25, 0.3) is 0 Å². The highest BCUT2D eigenvalue weighted by Crippen LogP contribution is 2.29. The summed E-state index contributed by atoms with van der Waals surface area (Å²) in [7, 11) is 0. The molecule has 1 aliphatic carbocycles. The van der Waals surface area contributed by atoms with Gasteiger partial charge < -0.3 is 9.64 Å². The van der Waals surface area contributed by atoms with Crippen molar-refractivity contribution in [3.63, 3.8) is 0 Å². The first-order valence-electron chi connectivity index (χ1n) is 12.3. The average Bonchev–Trinajstić information content (AvgIpc) is 3.48. The number of amides is 1. The fraction of sp³-hybridized carbons (Fsp3) is 0.556. The zero-order valence-electron chi connectivity index (χ0n) is 19.2. The molecule has 3 heterocycles. The molecule has 1 atom stereocenters. The fourth-order valence-corrected chi connectivity index (χ4v) is 5.70. The number of pyridine rings is 1. The molecule has 5 rings (SSSR count). The van der Waals surface area contributed by atoms with E-state index >= 15 is 0 Å². The molecule has 2 aliphatic heterocycles. The smallest absolute Gasteiger partial charge is 0.272 e. The molecule has 3 aliphatic rings. The Kier molecular flexibility index (Phi) is 6.56. The average molecular weight is 434 g/mol. The molecule has 2 fully saturated rings. The minimum Gasteiger partial charge on any atom is -0.376 e. The van der Waals surface area contributed by atoms with Crippen LogP contribution >= 0.6 is 0 Å². The van der Waals surface area contributed by atoms with E-state index in [0.717, 1.165) is 57.6 Å². The molecule has 1 amide bonds. The molecule has 0 N–H and O–H groups in total. The summed E-state index contributed by atoms with van der Waals surface area (Å²) in [5.41, 5.74) is 4.50. The Labute approximate surface area is 191 Å². The molecule has 2 saturated heterocycles. The van der Waals surface area contributed by atoms with Gasteiger partial charge in [-0.3, -0.25) is 9.69 Å². The van der Waals surface area contributed by atoms with Gasteiger partial charge in [0.1, 0.15) is 5.69 Å². The molecule has 2 aromatic rings. The number of benzene rings is 1. The summed E-state index contributed by atoms with van der Waals surface area (Å²) in [6.45, 7) is 6.53. The lowest BCUT2D eigenvalue weighted by Gasteiger charge is -2.38. The summed E-state index contributed by atoms with van der Waals surface area (Å²) < 4.78 is 5.88. The lowest BCUT2D eigenvalue weighted by molar-refractivity contribution is 0.0426. The van der Waals surface area contributed by atoms with Crippen LogP contribution in [0.3, 0.4) is 0 Å². The van der Waals surface area contributed by atoms with E-state index in [-0.39, 0.29) is 12.0 Å². The number of ether oxygens (including phenoxy) is 1. The second-order valence-corrected chi connectivity index (χ2v) is 9.82. The Balaban J connectivity index is 1.20. The summed E-state index contributed by atoms with van der Waals surface area (Å²) >= 11 is 0. The Morgan fingerprint density at radius 2 is 1.78 bits per heavy atom. The number of fused-ring (bicyclic) bond motifs is 1. The van der Waals surface area contributed by atoms with Crippen molar-refractivity contribution in [1.82, 2.24) is 14.8 Å². The Hall–Kier alpha value is -2.24. The van der Waals surface area contributed by atoms with Crippen LogP contribution in [0, 0.1) is 12.8 Å². The summed E-state index contributed by atoms with van der Waals surface area (Å²) in [6.07, 6.45) is 6.99. The van der Waals surface area contributed by atoms with Gasteiger partial charge in [0, 0.05) is 31.4 Å². The highest BCUT2D eigenvalue weighted by atomic mass is 16.5. The van der Waals surface area contributed by atoms with Crippen molar-refractivity contribution in [3.8, 4) is 0 Å². The van der Waals surface area contributed by atoms with Crippen LogP contribution in [0.5, 0.6) is 0 Å². The van der Waals surface area contributed by atoms with E-state index in [4.69, 9.17) is 4.74 Å². The van der Waals surface area contributed by atoms with Crippen LogP contribution in [-0.4, -0.2) is 65.6 Å². The lowest BCUT2D eigenvalue weighted by atomic mass is 9.94. The number of carbonyl (C=O) groups is 1. The third-order valence-corrected chi connectivity index (χ3v) is 7.52. The van der Waals surface area contributed by atoms with Gasteiger partial charge in [0.05, 0.1) is 6.10 Å². The fourth-order valence-electron chi connectivity index (χ4n) is 5.70. The normalized spacial score (nSPS) is 22.2. The second-order valence-electron chi connectivity index (χ2n) is 9.82. The largest absolute Gasteiger partial charge is 0.376 e. The Bertz CT molecular complexity index is 907. The van der Waals surface area contributed by atoms with Gasteiger partial charge in [-0.15, -0.1) is 0 Å². The van der Waals surface area contributed by atoms with E-state index in [1.165, 1.54) is 24.0 Å². The van der Waals surface area contributed by atoms with E-state index in [2.05, 4.69) is 34.1 Å². The molecule has 32 heavy (non-hydrogen) atoms. The minimum absolute atomic E-state index is 0.0536. The number of hydrogen-bond donors (Lipinski definition) is 0. The van der Waals surface area contributed by atoms with Crippen molar-refractivity contribution in [2.75, 3.05) is 32.8 Å². The monoisotopic (exact) mass is 433 g/mol. The summed E-state index contributed by atoms with van der Waals surface area (Å²) in [6, 6.07) is 15.3. The zero-order chi connectivity index (χ0) is 21.9. The summed E-state index contributed by atoms with van der Waals surface area (Å²) in [5.74, 6) is 0.600. The highest BCUT2D eigenvalue weighted by molar-refractivity contribution is 5.92. The SMILES string of the molecule is Cc1cccc(C(=O)N(CC2CCN(C3Cc4ccccc4C3)CC2)C[C@H]2CCCO2)n1. The third kappa shape index (κ3) is 4.89. The number of aryl methyl sites for hydroxylation is 1. The van der Waals surface area contributed by atoms with Gasteiger partial charge in [0.25, 0.3) is 5.91 Å². The molecule has 0 bridgehead atoms. The number of rotatable bonds is 6. The first-order chi connectivity index (χ1) is 15.7. The Morgan fingerprint density at radius 3 is 2.44 bits per heavy atom. The lowest BCUT2D eigenvalue weighted by Crippen LogP contribution is -2.46. The predicted molar refractivity (Wildman–Crippen MR) is 126 cm³/mol.